The molecule has 0 heterocycles. The molecule has 0 unspecified atom stereocenters. The molecule has 0 bridgehead atoms. The normalized spacial score (nSPS) is 15.6. The maximum absolute atomic E-state index is 5.73. The second kappa shape index (κ2) is 3.93. The molecule has 1 aromatic rings. The van der Waals surface area contributed by atoms with Gasteiger partial charge in [0.1, 0.15) is 5.75 Å². The molecule has 0 N–H and O–H groups in total. The van der Waals surface area contributed by atoms with Gasteiger partial charge >= 0.3 is 0 Å². The number of ether oxygens (including phenoxy) is 1. The number of benzene rings is 1. The van der Waals surface area contributed by atoms with Gasteiger partial charge in [0.05, 0.1) is 6.61 Å². The molecule has 1 saturated carbocycles. The highest BCUT2D eigenvalue weighted by Gasteiger charge is 2.21. The van der Waals surface area contributed by atoms with Crippen molar-refractivity contribution in [3.63, 3.8) is 0 Å². The van der Waals surface area contributed by atoms with E-state index in [2.05, 4.69) is 41.9 Å². The Morgan fingerprint density at radius 2 is 1.86 bits per heavy atom. The minimum Gasteiger partial charge on any atom is -0.493 e. The zero-order chi connectivity index (χ0) is 10.1. The van der Waals surface area contributed by atoms with E-state index in [0.29, 0.717) is 0 Å². The summed E-state index contributed by atoms with van der Waals surface area (Å²) in [6.45, 7) is 5.09. The van der Waals surface area contributed by atoms with Crippen LogP contribution in [-0.2, 0) is 0 Å². The van der Waals surface area contributed by atoms with Crippen LogP contribution in [0.25, 0.3) is 0 Å². The molecule has 1 fully saturated rings. The predicted molar refractivity (Wildman–Crippen MR) is 61.8 cm³/mol. The molecular formula is C12H15BrO. The van der Waals surface area contributed by atoms with Gasteiger partial charge in [-0.3, -0.25) is 0 Å². The average molecular weight is 255 g/mol. The maximum atomic E-state index is 5.73. The van der Waals surface area contributed by atoms with Crippen LogP contribution in [0.3, 0.4) is 0 Å². The molecule has 76 valence electrons. The Labute approximate surface area is 93.6 Å². The average Bonchev–Trinajstić information content (AvgIpc) is 2.94. The Morgan fingerprint density at radius 3 is 2.36 bits per heavy atom. The lowest BCUT2D eigenvalue weighted by molar-refractivity contribution is 0.299. The molecule has 14 heavy (non-hydrogen) atoms. The molecule has 0 aliphatic heterocycles. The number of halogens is 1. The standard InChI is InChI=1S/C12H15BrO/c1-8-5-11(6-9(2)12(8)13)14-7-10-3-4-10/h5-6,10H,3-4,7H2,1-2H3. The van der Waals surface area contributed by atoms with Crippen molar-refractivity contribution in [2.45, 2.75) is 26.7 Å². The molecule has 0 aromatic heterocycles. The fourth-order valence-electron chi connectivity index (χ4n) is 1.49. The van der Waals surface area contributed by atoms with E-state index >= 15 is 0 Å². The second-order valence-corrected chi connectivity index (χ2v) is 4.92. The Bertz CT molecular complexity index is 319. The van der Waals surface area contributed by atoms with Crippen molar-refractivity contribution in [2.75, 3.05) is 6.61 Å². The van der Waals surface area contributed by atoms with Crippen LogP contribution in [0.1, 0.15) is 24.0 Å². The van der Waals surface area contributed by atoms with Crippen molar-refractivity contribution in [2.24, 2.45) is 5.92 Å². The lowest BCUT2D eigenvalue weighted by atomic mass is 10.1. The van der Waals surface area contributed by atoms with Crippen molar-refractivity contribution in [3.05, 3.63) is 27.7 Å². The van der Waals surface area contributed by atoms with Crippen LogP contribution in [-0.4, -0.2) is 6.61 Å². The lowest BCUT2D eigenvalue weighted by Gasteiger charge is -2.09. The summed E-state index contributed by atoms with van der Waals surface area (Å²) in [6, 6.07) is 4.19. The fourth-order valence-corrected chi connectivity index (χ4v) is 1.72. The van der Waals surface area contributed by atoms with E-state index in [1.54, 1.807) is 0 Å². The van der Waals surface area contributed by atoms with Gasteiger partial charge in [-0.05, 0) is 55.9 Å². The molecule has 0 atom stereocenters. The van der Waals surface area contributed by atoms with E-state index in [4.69, 9.17) is 4.74 Å². The molecule has 1 nitrogen and oxygen atoms in total. The summed E-state index contributed by atoms with van der Waals surface area (Å²) in [4.78, 5) is 0. The van der Waals surface area contributed by atoms with E-state index in [1.165, 1.54) is 28.4 Å². The summed E-state index contributed by atoms with van der Waals surface area (Å²) < 4.78 is 6.92. The Kier molecular flexibility index (Phi) is 2.82. The number of rotatable bonds is 3. The fraction of sp³-hybridized carbons (Fsp3) is 0.500. The number of hydrogen-bond donors (Lipinski definition) is 0. The van der Waals surface area contributed by atoms with Gasteiger partial charge in [-0.15, -0.1) is 0 Å². The van der Waals surface area contributed by atoms with Gasteiger partial charge in [-0.25, -0.2) is 0 Å². The molecular weight excluding hydrogens is 240 g/mol. The lowest BCUT2D eigenvalue weighted by Crippen LogP contribution is -1.99. The third kappa shape index (κ3) is 2.30. The van der Waals surface area contributed by atoms with Gasteiger partial charge in [-0.2, -0.15) is 0 Å². The van der Waals surface area contributed by atoms with Gasteiger partial charge in [0.25, 0.3) is 0 Å². The van der Waals surface area contributed by atoms with Crippen LogP contribution < -0.4 is 4.74 Å². The third-order valence-corrected chi connectivity index (χ3v) is 3.84. The minimum atomic E-state index is 0.819. The van der Waals surface area contributed by atoms with Crippen LogP contribution in [0.5, 0.6) is 5.75 Å². The highest BCUT2D eigenvalue weighted by atomic mass is 79.9. The van der Waals surface area contributed by atoms with Gasteiger partial charge in [0, 0.05) is 4.47 Å². The van der Waals surface area contributed by atoms with Crippen molar-refractivity contribution >= 4 is 15.9 Å². The van der Waals surface area contributed by atoms with E-state index < -0.39 is 0 Å². The van der Waals surface area contributed by atoms with Gasteiger partial charge in [-0.1, -0.05) is 15.9 Å². The molecule has 0 radical (unpaired) electrons. The third-order valence-electron chi connectivity index (χ3n) is 2.59. The highest BCUT2D eigenvalue weighted by molar-refractivity contribution is 9.10. The number of hydrogen-bond acceptors (Lipinski definition) is 1. The molecule has 0 amide bonds. The Hall–Kier alpha value is -0.500. The molecule has 1 aliphatic rings. The Balaban J connectivity index is 2.08. The second-order valence-electron chi connectivity index (χ2n) is 4.13. The molecule has 0 saturated heterocycles. The first-order chi connectivity index (χ1) is 6.66. The quantitative estimate of drug-likeness (QED) is 0.797. The summed E-state index contributed by atoms with van der Waals surface area (Å²) in [5.41, 5.74) is 2.49. The van der Waals surface area contributed by atoms with E-state index in [0.717, 1.165) is 18.3 Å². The zero-order valence-corrected chi connectivity index (χ0v) is 10.2. The van der Waals surface area contributed by atoms with Crippen LogP contribution in [0, 0.1) is 19.8 Å². The Morgan fingerprint density at radius 1 is 1.29 bits per heavy atom. The van der Waals surface area contributed by atoms with E-state index in [9.17, 15) is 0 Å². The number of aryl methyl sites for hydroxylation is 2. The smallest absolute Gasteiger partial charge is 0.119 e. The van der Waals surface area contributed by atoms with Crippen molar-refractivity contribution in [1.29, 1.82) is 0 Å². The molecule has 2 rings (SSSR count). The van der Waals surface area contributed by atoms with Gasteiger partial charge in [0.2, 0.25) is 0 Å². The van der Waals surface area contributed by atoms with Crippen molar-refractivity contribution in [1.82, 2.24) is 0 Å². The first kappa shape index (κ1) is 10.0. The molecule has 2 heteroatoms. The van der Waals surface area contributed by atoms with Gasteiger partial charge < -0.3 is 4.74 Å². The summed E-state index contributed by atoms with van der Waals surface area (Å²) in [5, 5.41) is 0. The van der Waals surface area contributed by atoms with Crippen LogP contribution in [0.15, 0.2) is 16.6 Å². The monoisotopic (exact) mass is 254 g/mol. The van der Waals surface area contributed by atoms with Crippen LogP contribution in [0.2, 0.25) is 0 Å². The zero-order valence-electron chi connectivity index (χ0n) is 8.64. The highest BCUT2D eigenvalue weighted by Crippen LogP contribution is 2.31. The van der Waals surface area contributed by atoms with Crippen LogP contribution in [0.4, 0.5) is 0 Å². The maximum Gasteiger partial charge on any atom is 0.119 e. The minimum absolute atomic E-state index is 0.819. The largest absolute Gasteiger partial charge is 0.493 e. The summed E-state index contributed by atoms with van der Waals surface area (Å²) in [6.07, 6.45) is 2.68. The van der Waals surface area contributed by atoms with E-state index in [1.807, 2.05) is 0 Å². The van der Waals surface area contributed by atoms with Crippen molar-refractivity contribution < 1.29 is 4.74 Å². The molecule has 1 aromatic carbocycles. The van der Waals surface area contributed by atoms with Crippen molar-refractivity contribution in [3.8, 4) is 5.75 Å². The molecule has 1 aliphatic carbocycles. The van der Waals surface area contributed by atoms with E-state index in [-0.39, 0.29) is 0 Å². The van der Waals surface area contributed by atoms with Crippen LogP contribution >= 0.6 is 15.9 Å². The first-order valence-corrected chi connectivity index (χ1v) is 5.85. The first-order valence-electron chi connectivity index (χ1n) is 5.06. The predicted octanol–water partition coefficient (Wildman–Crippen LogP) is 3.85. The van der Waals surface area contributed by atoms with Gasteiger partial charge in [0.15, 0.2) is 0 Å². The summed E-state index contributed by atoms with van der Waals surface area (Å²) in [7, 11) is 0. The summed E-state index contributed by atoms with van der Waals surface area (Å²) >= 11 is 3.55. The SMILES string of the molecule is Cc1cc(OCC2CC2)cc(C)c1Br. The summed E-state index contributed by atoms with van der Waals surface area (Å²) in [5.74, 6) is 1.83. The molecule has 0 spiro atoms. The topological polar surface area (TPSA) is 9.23 Å².